The predicted octanol–water partition coefficient (Wildman–Crippen LogP) is 3.71. The van der Waals surface area contributed by atoms with Gasteiger partial charge in [0.05, 0.1) is 6.54 Å². The molecule has 0 aliphatic heterocycles. The van der Waals surface area contributed by atoms with E-state index in [-0.39, 0.29) is 17.4 Å². The Morgan fingerprint density at radius 3 is 2.39 bits per heavy atom. The molecule has 5 nitrogen and oxygen atoms in total. The number of carbonyl (C=O) groups excluding carboxylic acids is 1. The summed E-state index contributed by atoms with van der Waals surface area (Å²) in [5, 5.41) is 9.06. The minimum atomic E-state index is -1.00. The van der Waals surface area contributed by atoms with Gasteiger partial charge in [-0.3, -0.25) is 4.79 Å². The summed E-state index contributed by atoms with van der Waals surface area (Å²) in [6, 6.07) is 1.51. The van der Waals surface area contributed by atoms with Crippen molar-refractivity contribution in [3.8, 4) is 0 Å². The van der Waals surface area contributed by atoms with Gasteiger partial charge in [-0.05, 0) is 50.5 Å². The smallest absolute Gasteiger partial charge is 0.339 e. The van der Waals surface area contributed by atoms with Crippen LogP contribution in [0.3, 0.4) is 0 Å². The van der Waals surface area contributed by atoms with Crippen LogP contribution in [0.1, 0.15) is 61.4 Å². The fourth-order valence-corrected chi connectivity index (χ4v) is 3.49. The summed E-state index contributed by atoms with van der Waals surface area (Å²) in [6.45, 7) is 6.44. The SMILES string of the molecule is Cc1oc(CN(C)C(=O)C2CCC(C(C)C)CC2)cc1C(=O)O. The van der Waals surface area contributed by atoms with E-state index in [1.807, 2.05) is 0 Å². The highest BCUT2D eigenvalue weighted by Crippen LogP contribution is 2.34. The van der Waals surface area contributed by atoms with Crippen LogP contribution in [0.25, 0.3) is 0 Å². The van der Waals surface area contributed by atoms with Crippen molar-refractivity contribution in [3.63, 3.8) is 0 Å². The molecule has 0 spiro atoms. The molecule has 0 radical (unpaired) electrons. The van der Waals surface area contributed by atoms with Crippen molar-refractivity contribution in [1.82, 2.24) is 4.90 Å². The second-order valence-electron chi connectivity index (χ2n) is 7.04. The first-order valence-corrected chi connectivity index (χ1v) is 8.37. The summed E-state index contributed by atoms with van der Waals surface area (Å²) in [5.41, 5.74) is 0.165. The Morgan fingerprint density at radius 2 is 1.91 bits per heavy atom. The van der Waals surface area contributed by atoms with Gasteiger partial charge in [0, 0.05) is 13.0 Å². The number of amides is 1. The Bertz CT molecular complexity index is 568. The molecular weight excluding hydrogens is 294 g/mol. The molecule has 1 aliphatic carbocycles. The second-order valence-corrected chi connectivity index (χ2v) is 7.04. The number of carbonyl (C=O) groups is 2. The van der Waals surface area contributed by atoms with Crippen molar-refractivity contribution in [1.29, 1.82) is 0 Å². The quantitative estimate of drug-likeness (QED) is 0.897. The zero-order valence-corrected chi connectivity index (χ0v) is 14.5. The van der Waals surface area contributed by atoms with E-state index in [2.05, 4.69) is 13.8 Å². The van der Waals surface area contributed by atoms with E-state index in [1.54, 1.807) is 18.9 Å². The van der Waals surface area contributed by atoms with E-state index in [9.17, 15) is 9.59 Å². The molecule has 1 N–H and O–H groups in total. The summed E-state index contributed by atoms with van der Waals surface area (Å²) >= 11 is 0. The normalized spacial score (nSPS) is 21.4. The Hall–Kier alpha value is -1.78. The van der Waals surface area contributed by atoms with Crippen LogP contribution in [0.2, 0.25) is 0 Å². The summed E-state index contributed by atoms with van der Waals surface area (Å²) in [4.78, 5) is 25.3. The third-order valence-corrected chi connectivity index (χ3v) is 5.03. The van der Waals surface area contributed by atoms with Crippen LogP contribution in [0.4, 0.5) is 0 Å². The number of nitrogens with zero attached hydrogens (tertiary/aromatic N) is 1. The van der Waals surface area contributed by atoms with Gasteiger partial charge in [0.25, 0.3) is 0 Å². The van der Waals surface area contributed by atoms with Crippen LogP contribution in [0.15, 0.2) is 10.5 Å². The van der Waals surface area contributed by atoms with Crippen molar-refractivity contribution < 1.29 is 19.1 Å². The van der Waals surface area contributed by atoms with Crippen LogP contribution in [0, 0.1) is 24.7 Å². The lowest BCUT2D eigenvalue weighted by atomic mass is 9.76. The van der Waals surface area contributed by atoms with Crippen LogP contribution < -0.4 is 0 Å². The van der Waals surface area contributed by atoms with Gasteiger partial charge >= 0.3 is 5.97 Å². The molecule has 0 atom stereocenters. The lowest BCUT2D eigenvalue weighted by molar-refractivity contribution is -0.136. The van der Waals surface area contributed by atoms with Gasteiger partial charge < -0.3 is 14.4 Å². The predicted molar refractivity (Wildman–Crippen MR) is 87.2 cm³/mol. The van der Waals surface area contributed by atoms with Crippen molar-refractivity contribution in [2.45, 2.75) is 53.0 Å². The second kappa shape index (κ2) is 7.20. The first-order valence-electron chi connectivity index (χ1n) is 8.37. The maximum Gasteiger partial charge on any atom is 0.339 e. The Kier molecular flexibility index (Phi) is 5.50. The monoisotopic (exact) mass is 321 g/mol. The minimum absolute atomic E-state index is 0.0880. The topological polar surface area (TPSA) is 70.8 Å². The molecule has 5 heteroatoms. The number of rotatable bonds is 5. The zero-order valence-electron chi connectivity index (χ0n) is 14.5. The van der Waals surface area contributed by atoms with Crippen LogP contribution in [-0.2, 0) is 11.3 Å². The molecular formula is C18H27NO4. The van der Waals surface area contributed by atoms with Crippen molar-refractivity contribution in [2.75, 3.05) is 7.05 Å². The lowest BCUT2D eigenvalue weighted by Crippen LogP contribution is -2.35. The van der Waals surface area contributed by atoms with Gasteiger partial charge in [-0.15, -0.1) is 0 Å². The summed E-state index contributed by atoms with van der Waals surface area (Å²) in [7, 11) is 1.76. The largest absolute Gasteiger partial charge is 0.478 e. The van der Waals surface area contributed by atoms with E-state index in [0.29, 0.717) is 24.0 Å². The van der Waals surface area contributed by atoms with Gasteiger partial charge in [0.1, 0.15) is 17.1 Å². The van der Waals surface area contributed by atoms with Gasteiger partial charge in [0.15, 0.2) is 0 Å². The van der Waals surface area contributed by atoms with E-state index in [0.717, 1.165) is 31.6 Å². The number of carboxylic acids is 1. The van der Waals surface area contributed by atoms with E-state index < -0.39 is 5.97 Å². The van der Waals surface area contributed by atoms with E-state index >= 15 is 0 Å². The highest BCUT2D eigenvalue weighted by molar-refractivity contribution is 5.88. The minimum Gasteiger partial charge on any atom is -0.478 e. The van der Waals surface area contributed by atoms with Gasteiger partial charge in [0.2, 0.25) is 5.91 Å². The molecule has 1 saturated carbocycles. The summed E-state index contributed by atoms with van der Waals surface area (Å²) in [6.07, 6.45) is 4.13. The molecule has 0 unspecified atom stereocenters. The molecule has 0 saturated heterocycles. The van der Waals surface area contributed by atoms with Gasteiger partial charge in [-0.1, -0.05) is 13.8 Å². The molecule has 1 aromatic heterocycles. The van der Waals surface area contributed by atoms with E-state index in [1.165, 1.54) is 6.07 Å². The molecule has 1 aromatic rings. The third kappa shape index (κ3) is 4.15. The summed E-state index contributed by atoms with van der Waals surface area (Å²) < 4.78 is 5.46. The molecule has 128 valence electrons. The molecule has 0 bridgehead atoms. The van der Waals surface area contributed by atoms with Crippen molar-refractivity contribution >= 4 is 11.9 Å². The Labute approximate surface area is 137 Å². The number of hydrogen-bond donors (Lipinski definition) is 1. The first kappa shape index (κ1) is 17.6. The first-order chi connectivity index (χ1) is 10.8. The number of hydrogen-bond acceptors (Lipinski definition) is 3. The maximum absolute atomic E-state index is 12.6. The summed E-state index contributed by atoms with van der Waals surface area (Å²) in [5.74, 6) is 1.54. The highest BCUT2D eigenvalue weighted by Gasteiger charge is 2.29. The maximum atomic E-state index is 12.6. The Balaban J connectivity index is 1.93. The molecule has 1 amide bonds. The number of furan rings is 1. The molecule has 2 rings (SSSR count). The number of aryl methyl sites for hydroxylation is 1. The molecule has 1 aliphatic rings. The van der Waals surface area contributed by atoms with Crippen LogP contribution in [0.5, 0.6) is 0 Å². The molecule has 0 aromatic carbocycles. The average Bonchev–Trinajstić information content (AvgIpc) is 2.87. The molecule has 1 heterocycles. The highest BCUT2D eigenvalue weighted by atomic mass is 16.4. The van der Waals surface area contributed by atoms with Crippen molar-refractivity contribution in [3.05, 3.63) is 23.2 Å². The fraction of sp³-hybridized carbons (Fsp3) is 0.667. The zero-order chi connectivity index (χ0) is 17.1. The average molecular weight is 321 g/mol. The fourth-order valence-electron chi connectivity index (χ4n) is 3.49. The van der Waals surface area contributed by atoms with Crippen LogP contribution >= 0.6 is 0 Å². The molecule has 23 heavy (non-hydrogen) atoms. The van der Waals surface area contributed by atoms with Crippen LogP contribution in [-0.4, -0.2) is 28.9 Å². The third-order valence-electron chi connectivity index (χ3n) is 5.03. The van der Waals surface area contributed by atoms with Crippen molar-refractivity contribution in [2.24, 2.45) is 17.8 Å². The number of carboxylic acid groups (broad SMARTS) is 1. The standard InChI is InChI=1S/C18H27NO4/c1-11(2)13-5-7-14(8-6-13)17(20)19(4)10-15-9-16(18(21)22)12(3)23-15/h9,11,13-14H,5-8,10H2,1-4H3,(H,21,22). The van der Waals surface area contributed by atoms with Gasteiger partial charge in [-0.25, -0.2) is 4.79 Å². The Morgan fingerprint density at radius 1 is 1.30 bits per heavy atom. The number of aromatic carboxylic acids is 1. The van der Waals surface area contributed by atoms with Gasteiger partial charge in [-0.2, -0.15) is 0 Å². The van der Waals surface area contributed by atoms with E-state index in [4.69, 9.17) is 9.52 Å². The lowest BCUT2D eigenvalue weighted by Gasteiger charge is -2.32. The molecule has 1 fully saturated rings.